The zero-order valence-corrected chi connectivity index (χ0v) is 12.3. The van der Waals surface area contributed by atoms with Gasteiger partial charge in [0.1, 0.15) is 0 Å². The first-order valence-corrected chi connectivity index (χ1v) is 6.74. The highest BCUT2D eigenvalue weighted by atomic mass is 16.5. The first kappa shape index (κ1) is 16.2. The molecule has 7 nitrogen and oxygen atoms in total. The number of benzene rings is 1. The van der Waals surface area contributed by atoms with Gasteiger partial charge in [0, 0.05) is 17.7 Å². The van der Waals surface area contributed by atoms with Gasteiger partial charge in [-0.3, -0.25) is 9.59 Å². The van der Waals surface area contributed by atoms with Crippen molar-refractivity contribution >= 4 is 23.3 Å². The molecular weight excluding hydrogens is 300 g/mol. The zero-order chi connectivity index (χ0) is 16.8. The van der Waals surface area contributed by atoms with Gasteiger partial charge >= 0.3 is 11.7 Å². The summed E-state index contributed by atoms with van der Waals surface area (Å²) in [4.78, 5) is 35.0. The second kappa shape index (κ2) is 7.17. The van der Waals surface area contributed by atoms with Gasteiger partial charge in [-0.1, -0.05) is 12.1 Å². The Bertz CT molecular complexity index is 758. The Morgan fingerprint density at radius 1 is 1.13 bits per heavy atom. The Labute approximate surface area is 132 Å². The predicted octanol–water partition coefficient (Wildman–Crippen LogP) is 1.32. The van der Waals surface area contributed by atoms with Crippen LogP contribution in [0.4, 0.5) is 5.69 Å². The standard InChI is InChI=1S/C16H14N2O5/c1-11(19)12-6-2-3-7-13(12)17-15(20)10-23-16(21)14-8-4-5-9-18(14)22/h2-9H,10H2,1H3,(H,17,20). The number of carbonyl (C=O) groups excluding carboxylic acids is 3. The maximum Gasteiger partial charge on any atom is 0.405 e. The molecule has 0 unspecified atom stereocenters. The minimum Gasteiger partial charge on any atom is -0.618 e. The molecule has 1 N–H and O–H groups in total. The number of anilines is 1. The van der Waals surface area contributed by atoms with Crippen molar-refractivity contribution in [3.8, 4) is 0 Å². The van der Waals surface area contributed by atoms with Gasteiger partial charge in [0.05, 0.1) is 5.69 Å². The predicted molar refractivity (Wildman–Crippen MR) is 80.8 cm³/mol. The van der Waals surface area contributed by atoms with E-state index in [2.05, 4.69) is 5.32 Å². The highest BCUT2D eigenvalue weighted by Crippen LogP contribution is 2.15. The van der Waals surface area contributed by atoms with Crippen molar-refractivity contribution in [1.29, 1.82) is 0 Å². The van der Waals surface area contributed by atoms with Gasteiger partial charge in [-0.2, -0.15) is 4.73 Å². The number of esters is 1. The van der Waals surface area contributed by atoms with E-state index >= 15 is 0 Å². The van der Waals surface area contributed by atoms with Gasteiger partial charge < -0.3 is 15.3 Å². The van der Waals surface area contributed by atoms with Crippen LogP contribution in [0, 0.1) is 5.21 Å². The van der Waals surface area contributed by atoms with Crippen LogP contribution in [0.25, 0.3) is 0 Å². The van der Waals surface area contributed by atoms with Crippen molar-refractivity contribution < 1.29 is 23.9 Å². The number of para-hydroxylation sites is 1. The summed E-state index contributed by atoms with van der Waals surface area (Å²) in [6.45, 7) is 0.813. The number of amides is 1. The number of Topliss-reactive ketones (excluding diaryl/α,β-unsaturated/α-hetero) is 1. The molecule has 118 valence electrons. The number of hydrogen-bond acceptors (Lipinski definition) is 5. The molecule has 0 aliphatic rings. The molecule has 0 spiro atoms. The van der Waals surface area contributed by atoms with Crippen LogP contribution in [0.2, 0.25) is 0 Å². The Morgan fingerprint density at radius 3 is 2.52 bits per heavy atom. The number of ether oxygens (including phenoxy) is 1. The summed E-state index contributed by atoms with van der Waals surface area (Å²) in [7, 11) is 0. The van der Waals surface area contributed by atoms with E-state index in [1.165, 1.54) is 25.1 Å². The summed E-state index contributed by atoms with van der Waals surface area (Å²) in [5, 5.41) is 13.9. The van der Waals surface area contributed by atoms with Gasteiger partial charge in [0.15, 0.2) is 18.6 Å². The Balaban J connectivity index is 1.97. The van der Waals surface area contributed by atoms with Gasteiger partial charge in [0.2, 0.25) is 0 Å². The maximum absolute atomic E-state index is 11.8. The molecule has 1 amide bonds. The lowest BCUT2D eigenvalue weighted by atomic mass is 10.1. The third-order valence-electron chi connectivity index (χ3n) is 2.95. The lowest BCUT2D eigenvalue weighted by molar-refractivity contribution is -0.608. The van der Waals surface area contributed by atoms with Crippen LogP contribution in [0.3, 0.4) is 0 Å². The van der Waals surface area contributed by atoms with Crippen LogP contribution in [0.15, 0.2) is 48.7 Å². The molecule has 2 rings (SSSR count). The first-order chi connectivity index (χ1) is 11.0. The number of aromatic nitrogens is 1. The van der Waals surface area contributed by atoms with E-state index in [0.29, 0.717) is 16.0 Å². The molecule has 1 aromatic heterocycles. The molecule has 0 atom stereocenters. The van der Waals surface area contributed by atoms with Crippen molar-refractivity contribution in [2.24, 2.45) is 0 Å². The molecule has 0 saturated carbocycles. The van der Waals surface area contributed by atoms with Crippen LogP contribution in [-0.4, -0.2) is 24.3 Å². The topological polar surface area (TPSA) is 99.4 Å². The normalized spacial score (nSPS) is 9.96. The molecule has 0 bridgehead atoms. The summed E-state index contributed by atoms with van der Waals surface area (Å²) in [5.41, 5.74) is 0.469. The van der Waals surface area contributed by atoms with Gasteiger partial charge in [-0.05, 0) is 25.1 Å². The van der Waals surface area contributed by atoms with Gasteiger partial charge in [0.25, 0.3) is 5.91 Å². The van der Waals surface area contributed by atoms with Gasteiger partial charge in [-0.15, -0.1) is 0 Å². The van der Waals surface area contributed by atoms with Crippen LogP contribution >= 0.6 is 0 Å². The van der Waals surface area contributed by atoms with E-state index in [1.807, 2.05) is 0 Å². The molecule has 0 radical (unpaired) electrons. The van der Waals surface area contributed by atoms with Crippen molar-refractivity contribution in [3.63, 3.8) is 0 Å². The summed E-state index contributed by atoms with van der Waals surface area (Å²) in [6.07, 6.45) is 1.15. The van der Waals surface area contributed by atoms with Crippen LogP contribution in [0.5, 0.6) is 0 Å². The molecule has 0 aliphatic heterocycles. The van der Waals surface area contributed by atoms with E-state index in [-0.39, 0.29) is 11.5 Å². The molecule has 23 heavy (non-hydrogen) atoms. The second-order valence-electron chi connectivity index (χ2n) is 4.64. The molecular formula is C16H14N2O5. The largest absolute Gasteiger partial charge is 0.618 e. The number of carbonyl (C=O) groups is 3. The summed E-state index contributed by atoms with van der Waals surface area (Å²) < 4.78 is 5.14. The molecule has 2 aromatic rings. The number of nitrogens with zero attached hydrogens (tertiary/aromatic N) is 1. The lowest BCUT2D eigenvalue weighted by Gasteiger charge is -2.09. The molecule has 0 saturated heterocycles. The summed E-state index contributed by atoms with van der Waals surface area (Å²) in [5.74, 6) is -1.72. The zero-order valence-electron chi connectivity index (χ0n) is 12.3. The van der Waals surface area contributed by atoms with Gasteiger partial charge in [-0.25, -0.2) is 4.79 Å². The van der Waals surface area contributed by atoms with Crippen molar-refractivity contribution in [1.82, 2.24) is 0 Å². The number of rotatable bonds is 5. The summed E-state index contributed by atoms with van der Waals surface area (Å²) in [6, 6.07) is 10.8. The van der Waals surface area contributed by atoms with Crippen LogP contribution < -0.4 is 10.0 Å². The number of ketones is 1. The SMILES string of the molecule is CC(=O)c1ccccc1NC(=O)COC(=O)c1cccc[n+]1[O-]. The Kier molecular flexibility index (Phi) is 5.03. The van der Waals surface area contributed by atoms with Crippen molar-refractivity contribution in [3.05, 3.63) is 65.1 Å². The number of nitrogens with one attached hydrogen (secondary N) is 1. The van der Waals surface area contributed by atoms with E-state index < -0.39 is 18.5 Å². The molecule has 0 fully saturated rings. The monoisotopic (exact) mass is 314 g/mol. The Morgan fingerprint density at radius 2 is 1.83 bits per heavy atom. The number of pyridine rings is 1. The Hall–Kier alpha value is -3.22. The first-order valence-electron chi connectivity index (χ1n) is 6.74. The molecule has 0 aliphatic carbocycles. The highest BCUT2D eigenvalue weighted by Gasteiger charge is 2.18. The minimum atomic E-state index is -0.907. The lowest BCUT2D eigenvalue weighted by Crippen LogP contribution is -2.35. The fourth-order valence-electron chi connectivity index (χ4n) is 1.88. The average Bonchev–Trinajstić information content (AvgIpc) is 2.53. The van der Waals surface area contributed by atoms with Crippen LogP contribution in [0.1, 0.15) is 27.8 Å². The number of hydrogen-bond donors (Lipinski definition) is 1. The highest BCUT2D eigenvalue weighted by molar-refractivity contribution is 6.04. The fourth-order valence-corrected chi connectivity index (χ4v) is 1.88. The third kappa shape index (κ3) is 4.13. The van der Waals surface area contributed by atoms with Crippen molar-refractivity contribution in [2.45, 2.75) is 6.92 Å². The second-order valence-corrected chi connectivity index (χ2v) is 4.64. The molecule has 1 aromatic carbocycles. The quantitative estimate of drug-likeness (QED) is 0.388. The molecule has 1 heterocycles. The third-order valence-corrected chi connectivity index (χ3v) is 2.95. The fraction of sp³-hybridized carbons (Fsp3) is 0.125. The van der Waals surface area contributed by atoms with Crippen molar-refractivity contribution in [2.75, 3.05) is 11.9 Å². The van der Waals surface area contributed by atoms with E-state index in [9.17, 15) is 19.6 Å². The average molecular weight is 314 g/mol. The summed E-state index contributed by atoms with van der Waals surface area (Å²) >= 11 is 0. The molecule has 7 heteroatoms. The van der Waals surface area contributed by atoms with E-state index in [0.717, 1.165) is 6.20 Å². The van der Waals surface area contributed by atoms with Crippen LogP contribution in [-0.2, 0) is 9.53 Å². The van der Waals surface area contributed by atoms with E-state index in [4.69, 9.17) is 4.74 Å². The van der Waals surface area contributed by atoms with E-state index in [1.54, 1.807) is 24.3 Å². The smallest absolute Gasteiger partial charge is 0.405 e. The maximum atomic E-state index is 11.8. The minimum absolute atomic E-state index is 0.199.